The zero-order chi connectivity index (χ0) is 59.7. The molecule has 438 valence electrons. The predicted molar refractivity (Wildman–Crippen MR) is 274 cm³/mol. The van der Waals surface area contributed by atoms with Gasteiger partial charge in [0.1, 0.15) is 48.3 Å². The van der Waals surface area contributed by atoms with Crippen molar-refractivity contribution in [3.63, 3.8) is 0 Å². The Kier molecular flexibility index (Phi) is 33.2. The van der Waals surface area contributed by atoms with Gasteiger partial charge in [0.05, 0.1) is 6.42 Å². The Labute approximate surface area is 450 Å². The Morgan fingerprint density at radius 1 is 0.397 bits per heavy atom. The number of nitrogens with zero attached hydrogens (tertiary/aromatic N) is 2. The SMILES string of the molecule is CSCC[C@H](NC(=O)[C@H](CCC(=O)O)NC(=O)[C@H](CCC(=O)O)NC(C)=O)C(=O)N[C@@H](CCC(N)=O)C(=O)N[C@@H](CCCN=C(N)N)C(=O)N[C@@H](CCCN=C(N)N)C(=O)N[C@@H](CCC(=O)O)C(=O)N[C@@H](CC(=O)O)C(N)=O. The highest BCUT2D eigenvalue weighted by Gasteiger charge is 2.35. The number of carbonyl (C=O) groups is 14. The lowest BCUT2D eigenvalue weighted by Gasteiger charge is -2.28. The van der Waals surface area contributed by atoms with E-state index in [0.717, 1.165) is 6.92 Å². The first-order valence-electron chi connectivity index (χ1n) is 23.9. The first-order chi connectivity index (χ1) is 36.5. The zero-order valence-electron chi connectivity index (χ0n) is 42.9. The largest absolute Gasteiger partial charge is 0.481 e. The molecule has 8 atom stereocenters. The van der Waals surface area contributed by atoms with Crippen LogP contribution in [0.3, 0.4) is 0 Å². The number of thioether (sulfide) groups is 1. The molecular weight excluding hydrogens is 1060 g/mol. The Morgan fingerprint density at radius 3 is 0.936 bits per heavy atom. The zero-order valence-corrected chi connectivity index (χ0v) is 43.7. The van der Waals surface area contributed by atoms with Crippen LogP contribution >= 0.6 is 11.8 Å². The average molecular weight is 1130 g/mol. The van der Waals surface area contributed by atoms with Crippen molar-refractivity contribution < 1.29 is 87.5 Å². The number of amides is 10. The Hall–Kier alpha value is -8.53. The molecule has 0 radical (unpaired) electrons. The molecule has 0 heterocycles. The smallest absolute Gasteiger partial charge is 0.305 e. The highest BCUT2D eigenvalue weighted by Crippen LogP contribution is 2.11. The highest BCUT2D eigenvalue weighted by molar-refractivity contribution is 7.98. The number of carbonyl (C=O) groups excluding carboxylic acids is 10. The van der Waals surface area contributed by atoms with Crippen LogP contribution < -0.4 is 76.9 Å². The van der Waals surface area contributed by atoms with Gasteiger partial charge < -0.3 is 97.4 Å². The van der Waals surface area contributed by atoms with E-state index in [1.54, 1.807) is 6.26 Å². The molecule has 0 saturated heterocycles. The maximum Gasteiger partial charge on any atom is 0.305 e. The molecule has 0 saturated carbocycles. The van der Waals surface area contributed by atoms with Crippen molar-refractivity contribution in [3.8, 4) is 0 Å². The topological polar surface area (TPSA) is 597 Å². The molecule has 0 bridgehead atoms. The molecule has 0 aliphatic carbocycles. The normalized spacial score (nSPS) is 13.7. The van der Waals surface area contributed by atoms with Crippen LogP contribution in [0, 0.1) is 0 Å². The molecule has 0 unspecified atom stereocenters. The van der Waals surface area contributed by atoms with Crippen molar-refractivity contribution in [1.29, 1.82) is 0 Å². The van der Waals surface area contributed by atoms with E-state index in [4.69, 9.17) is 39.5 Å². The summed E-state index contributed by atoms with van der Waals surface area (Å²) < 4.78 is 0. The van der Waals surface area contributed by atoms with Crippen LogP contribution in [-0.2, 0) is 67.1 Å². The van der Waals surface area contributed by atoms with Crippen LogP contribution in [0.1, 0.15) is 96.8 Å². The van der Waals surface area contributed by atoms with Gasteiger partial charge in [-0.1, -0.05) is 0 Å². The number of aliphatic imine (C=N–C) groups is 2. The second-order valence-electron chi connectivity index (χ2n) is 17.2. The number of rotatable bonds is 41. The molecule has 0 aromatic rings. The van der Waals surface area contributed by atoms with Gasteiger partial charge in [0, 0.05) is 45.7 Å². The molecule has 0 rings (SSSR count). The minimum absolute atomic E-state index is 0.0430. The van der Waals surface area contributed by atoms with E-state index in [1.165, 1.54) is 11.8 Å². The molecular formula is C43H72N16O18S. The van der Waals surface area contributed by atoms with E-state index in [0.29, 0.717) is 0 Å². The lowest BCUT2D eigenvalue weighted by Crippen LogP contribution is -2.60. The number of hydrogen-bond donors (Lipinski definition) is 18. The summed E-state index contributed by atoms with van der Waals surface area (Å²) in [6, 6.07) is -13.3. The first-order valence-corrected chi connectivity index (χ1v) is 25.3. The summed E-state index contributed by atoms with van der Waals surface area (Å²) in [5.74, 6) is -17.0. The monoisotopic (exact) mass is 1130 g/mol. The fourth-order valence-corrected chi connectivity index (χ4v) is 7.23. The van der Waals surface area contributed by atoms with Gasteiger partial charge in [-0.05, 0) is 69.8 Å². The molecule has 0 aromatic heterocycles. The number of carboxylic acid groups (broad SMARTS) is 4. The minimum Gasteiger partial charge on any atom is -0.481 e. The lowest BCUT2D eigenvalue weighted by atomic mass is 10.0. The van der Waals surface area contributed by atoms with Crippen LogP contribution in [0.25, 0.3) is 0 Å². The number of aliphatic carboxylic acids is 4. The minimum atomic E-state index is -1.80. The van der Waals surface area contributed by atoms with Gasteiger partial charge in [-0.25, -0.2) is 0 Å². The summed E-state index contributed by atoms with van der Waals surface area (Å²) in [7, 11) is 0. The molecule has 10 amide bonds. The van der Waals surface area contributed by atoms with Gasteiger partial charge in [-0.15, -0.1) is 0 Å². The highest BCUT2D eigenvalue weighted by atomic mass is 32.2. The van der Waals surface area contributed by atoms with Crippen molar-refractivity contribution in [2.75, 3.05) is 25.1 Å². The van der Waals surface area contributed by atoms with Crippen LogP contribution in [0.2, 0.25) is 0 Å². The molecule has 34 nitrogen and oxygen atoms in total. The fraction of sp³-hybridized carbons (Fsp3) is 0.628. The maximum atomic E-state index is 14.2. The summed E-state index contributed by atoms with van der Waals surface area (Å²) in [5, 5.41) is 55.6. The van der Waals surface area contributed by atoms with Gasteiger partial charge in [0.15, 0.2) is 11.9 Å². The molecule has 0 aliphatic rings. The fourth-order valence-electron chi connectivity index (χ4n) is 6.76. The van der Waals surface area contributed by atoms with Crippen molar-refractivity contribution in [3.05, 3.63) is 0 Å². The third-order valence-electron chi connectivity index (χ3n) is 10.7. The summed E-state index contributed by atoms with van der Waals surface area (Å²) in [6.07, 6.45) is -4.89. The summed E-state index contributed by atoms with van der Waals surface area (Å²) in [6.45, 7) is 0.797. The van der Waals surface area contributed by atoms with E-state index < -0.39 is 189 Å². The van der Waals surface area contributed by atoms with Gasteiger partial charge in [-0.2, -0.15) is 11.8 Å². The quantitative estimate of drug-likeness (QED) is 0.0154. The van der Waals surface area contributed by atoms with Crippen molar-refractivity contribution >= 4 is 107 Å². The van der Waals surface area contributed by atoms with Crippen LogP contribution in [-0.4, -0.2) is 189 Å². The standard InChI is InChI=1S/C43H72N16O18S/c1-20(60)52-23(8-12-30(62)63)37(73)57-25(9-13-31(64)65)39(75)58-27(15-18-78-2)41(77)55-24(7-11-29(44)61)38(74)54-21(5-3-16-50-42(46)47)35(71)53-22(6-4-17-51-43(48)49)36(72)56-26(10-14-32(66)67)40(76)59-28(34(45)70)19-33(68)69/h21-28H,3-19H2,1-2H3,(H2,44,61)(H2,45,70)(H,52,60)(H,53,71)(H,54,74)(H,55,77)(H,56,72)(H,57,73)(H,58,75)(H,59,76)(H,62,63)(H,64,65)(H,66,67)(H,68,69)(H4,46,47,50)(H4,48,49,51)/t21-,22-,23-,24-,25-,26-,27-,28-/m0/s1. The third-order valence-corrected chi connectivity index (χ3v) is 11.3. The summed E-state index contributed by atoms with van der Waals surface area (Å²) in [4.78, 5) is 186. The molecule has 0 aromatic carbocycles. The second kappa shape index (κ2) is 37.3. The Balaban J connectivity index is 7.15. The number of hydrogen-bond acceptors (Lipinski definition) is 17. The number of guanidine groups is 2. The molecule has 35 heteroatoms. The van der Waals surface area contributed by atoms with E-state index in [-0.39, 0.29) is 62.9 Å². The predicted octanol–water partition coefficient (Wildman–Crippen LogP) is -7.44. The maximum absolute atomic E-state index is 14.2. The number of primary amides is 2. The molecule has 78 heavy (non-hydrogen) atoms. The van der Waals surface area contributed by atoms with Crippen molar-refractivity contribution in [1.82, 2.24) is 42.5 Å². The van der Waals surface area contributed by atoms with Crippen molar-refractivity contribution in [2.24, 2.45) is 44.4 Å². The van der Waals surface area contributed by atoms with Gasteiger partial charge in [0.25, 0.3) is 0 Å². The van der Waals surface area contributed by atoms with Crippen LogP contribution in [0.15, 0.2) is 9.98 Å². The third kappa shape index (κ3) is 31.4. The Morgan fingerprint density at radius 2 is 0.679 bits per heavy atom. The second-order valence-corrected chi connectivity index (χ2v) is 18.1. The molecule has 0 aliphatic heterocycles. The number of nitrogens with one attached hydrogen (secondary N) is 8. The van der Waals surface area contributed by atoms with Gasteiger partial charge in [0.2, 0.25) is 59.1 Å². The first kappa shape index (κ1) is 69.5. The number of carboxylic acids is 4. The Bertz CT molecular complexity index is 2210. The summed E-state index contributed by atoms with van der Waals surface area (Å²) in [5.41, 5.74) is 32.4. The lowest BCUT2D eigenvalue weighted by molar-refractivity contribution is -0.141. The molecule has 24 N–H and O–H groups in total. The number of nitrogens with two attached hydrogens (primary N) is 6. The van der Waals surface area contributed by atoms with E-state index >= 15 is 0 Å². The van der Waals surface area contributed by atoms with E-state index in [2.05, 4.69) is 47.2 Å². The molecule has 0 spiro atoms. The van der Waals surface area contributed by atoms with Crippen molar-refractivity contribution in [2.45, 2.75) is 145 Å². The van der Waals surface area contributed by atoms with E-state index in [1.807, 2.05) is 5.32 Å². The molecule has 0 fully saturated rings. The van der Waals surface area contributed by atoms with Gasteiger partial charge in [-0.3, -0.25) is 77.1 Å². The summed E-state index contributed by atoms with van der Waals surface area (Å²) >= 11 is 1.21. The average Bonchev–Trinajstić information content (AvgIpc) is 3.33. The van der Waals surface area contributed by atoms with Crippen LogP contribution in [0.5, 0.6) is 0 Å². The van der Waals surface area contributed by atoms with E-state index in [9.17, 15) is 82.4 Å². The van der Waals surface area contributed by atoms with Crippen LogP contribution in [0.4, 0.5) is 0 Å². The van der Waals surface area contributed by atoms with Gasteiger partial charge >= 0.3 is 23.9 Å².